The van der Waals surface area contributed by atoms with E-state index in [0.717, 1.165) is 25.9 Å². The summed E-state index contributed by atoms with van der Waals surface area (Å²) in [7, 11) is 0. The van der Waals surface area contributed by atoms with Crippen LogP contribution in [0, 0.1) is 0 Å². The predicted octanol–water partition coefficient (Wildman–Crippen LogP) is -4.96. The normalized spacial score (nSPS) is 20.0. The molecule has 0 saturated carbocycles. The smallest absolute Gasteiger partial charge is 0.547 e. The average molecular weight is 166 g/mol. The molecular formula is C6H11N2NaO2. The quantitative estimate of drug-likeness (QED) is 0.383. The first-order valence-electron chi connectivity index (χ1n) is 3.48. The maximum atomic E-state index is 10.3. The third-order valence-corrected chi connectivity index (χ3v) is 1.54. The Kier molecular flexibility index (Phi) is 6.18. The molecule has 1 aliphatic heterocycles. The maximum Gasteiger partial charge on any atom is 1.00 e. The summed E-state index contributed by atoms with van der Waals surface area (Å²) in [5, 5.41) is 15.9. The van der Waals surface area contributed by atoms with Crippen LogP contribution in [0.3, 0.4) is 0 Å². The second-order valence-electron chi connectivity index (χ2n) is 2.37. The first-order valence-corrected chi connectivity index (χ1v) is 3.48. The van der Waals surface area contributed by atoms with Gasteiger partial charge in [0.2, 0.25) is 0 Å². The maximum absolute atomic E-state index is 10.3. The molecule has 1 rings (SSSR count). The molecule has 5 heteroatoms. The minimum atomic E-state index is -1.07. The molecule has 11 heavy (non-hydrogen) atoms. The molecule has 1 saturated heterocycles. The molecule has 1 fully saturated rings. The van der Waals surface area contributed by atoms with Gasteiger partial charge < -0.3 is 9.90 Å². The Morgan fingerprint density at radius 2 is 1.73 bits per heavy atom. The first-order chi connectivity index (χ1) is 4.80. The average Bonchev–Trinajstić information content (AvgIpc) is 2.12. The number of hydrogen-bond acceptors (Lipinski definition) is 4. The minimum absolute atomic E-state index is 0. The van der Waals surface area contributed by atoms with Crippen molar-refractivity contribution in [2.45, 2.75) is 19.0 Å². The summed E-state index contributed by atoms with van der Waals surface area (Å²) in [6.07, 6.45) is 1.40. The molecule has 0 aliphatic carbocycles. The Morgan fingerprint density at radius 1 is 1.27 bits per heavy atom. The Hall–Kier alpha value is 0.390. The summed E-state index contributed by atoms with van der Waals surface area (Å²) in [5.41, 5.74) is 0. The van der Waals surface area contributed by atoms with Crippen LogP contribution in [-0.2, 0) is 4.79 Å². The van der Waals surface area contributed by atoms with E-state index < -0.39 is 12.1 Å². The van der Waals surface area contributed by atoms with E-state index in [-0.39, 0.29) is 29.6 Å². The van der Waals surface area contributed by atoms with Crippen LogP contribution in [0.2, 0.25) is 0 Å². The second-order valence-corrected chi connectivity index (χ2v) is 2.37. The van der Waals surface area contributed by atoms with Crippen LogP contribution < -0.4 is 45.3 Å². The number of hydrogen-bond donors (Lipinski definition) is 2. The van der Waals surface area contributed by atoms with Crippen molar-refractivity contribution in [1.82, 2.24) is 10.6 Å². The predicted molar refractivity (Wildman–Crippen MR) is 34.0 cm³/mol. The summed E-state index contributed by atoms with van der Waals surface area (Å²) < 4.78 is 0. The fourth-order valence-corrected chi connectivity index (χ4v) is 0.982. The van der Waals surface area contributed by atoms with Gasteiger partial charge in [-0.3, -0.25) is 10.6 Å². The molecule has 2 N–H and O–H groups in total. The zero-order valence-corrected chi connectivity index (χ0v) is 8.72. The largest absolute Gasteiger partial charge is 1.00 e. The number of carbonyl (C=O) groups is 1. The van der Waals surface area contributed by atoms with Crippen molar-refractivity contribution < 1.29 is 39.5 Å². The molecule has 0 spiro atoms. The van der Waals surface area contributed by atoms with Gasteiger partial charge in [-0.05, 0) is 25.9 Å². The topological polar surface area (TPSA) is 64.2 Å². The zero-order valence-electron chi connectivity index (χ0n) is 6.72. The van der Waals surface area contributed by atoms with E-state index in [0.29, 0.717) is 0 Å². The summed E-state index contributed by atoms with van der Waals surface area (Å²) in [4.78, 5) is 10.3. The Bertz CT molecular complexity index is 124. The van der Waals surface area contributed by atoms with Crippen molar-refractivity contribution in [3.63, 3.8) is 0 Å². The van der Waals surface area contributed by atoms with E-state index in [1.54, 1.807) is 0 Å². The van der Waals surface area contributed by atoms with Gasteiger partial charge in [0, 0.05) is 0 Å². The molecule has 0 amide bonds. The van der Waals surface area contributed by atoms with E-state index in [4.69, 9.17) is 0 Å². The summed E-state index contributed by atoms with van der Waals surface area (Å²) in [6, 6.07) is 0. The fourth-order valence-electron chi connectivity index (χ4n) is 0.982. The van der Waals surface area contributed by atoms with Crippen molar-refractivity contribution >= 4 is 5.97 Å². The van der Waals surface area contributed by atoms with Gasteiger partial charge in [0.1, 0.15) is 0 Å². The standard InChI is InChI=1S/C6H12N2O2.Na/c9-6(10)5-7-3-1-2-4-8-5;/h5,7-8H,1-4H2,(H,9,10);/q;+1/p-1. The summed E-state index contributed by atoms with van der Waals surface area (Å²) >= 11 is 0. The van der Waals surface area contributed by atoms with Gasteiger partial charge in [-0.1, -0.05) is 0 Å². The van der Waals surface area contributed by atoms with Crippen LogP contribution in [0.15, 0.2) is 0 Å². The minimum Gasteiger partial charge on any atom is -0.547 e. The molecule has 1 heterocycles. The van der Waals surface area contributed by atoms with E-state index in [1.165, 1.54) is 0 Å². The van der Waals surface area contributed by atoms with Gasteiger partial charge in [0.25, 0.3) is 0 Å². The van der Waals surface area contributed by atoms with Gasteiger partial charge in [-0.15, -0.1) is 0 Å². The second kappa shape index (κ2) is 5.97. The third kappa shape index (κ3) is 4.08. The van der Waals surface area contributed by atoms with Crippen molar-refractivity contribution in [1.29, 1.82) is 0 Å². The van der Waals surface area contributed by atoms with Crippen molar-refractivity contribution in [2.75, 3.05) is 13.1 Å². The van der Waals surface area contributed by atoms with E-state index in [2.05, 4.69) is 10.6 Å². The van der Waals surface area contributed by atoms with Gasteiger partial charge in [0.15, 0.2) is 0 Å². The number of carboxylic acid groups (broad SMARTS) is 1. The monoisotopic (exact) mass is 166 g/mol. The fraction of sp³-hybridized carbons (Fsp3) is 0.833. The molecule has 0 radical (unpaired) electrons. The molecule has 0 atom stereocenters. The summed E-state index contributed by atoms with van der Waals surface area (Å²) in [6.45, 7) is 1.51. The van der Waals surface area contributed by atoms with Crippen LogP contribution >= 0.6 is 0 Å². The molecule has 0 aromatic heterocycles. The number of rotatable bonds is 1. The Labute approximate surface area is 88.0 Å². The molecule has 0 aromatic rings. The van der Waals surface area contributed by atoms with Crippen LogP contribution in [0.4, 0.5) is 0 Å². The summed E-state index contributed by atoms with van der Waals surface area (Å²) in [5.74, 6) is -1.07. The zero-order chi connectivity index (χ0) is 7.40. The van der Waals surface area contributed by atoms with Gasteiger partial charge in [-0.2, -0.15) is 0 Å². The van der Waals surface area contributed by atoms with Crippen molar-refractivity contribution in [3.05, 3.63) is 0 Å². The SMILES string of the molecule is O=C([O-])C1NCCCCN1.[Na+]. The van der Waals surface area contributed by atoms with Crippen LogP contribution in [0.1, 0.15) is 12.8 Å². The number of carbonyl (C=O) groups excluding carboxylic acids is 1. The van der Waals surface area contributed by atoms with E-state index in [9.17, 15) is 9.90 Å². The number of aliphatic carboxylic acids is 1. The Balaban J connectivity index is 0.000001000. The Morgan fingerprint density at radius 3 is 2.09 bits per heavy atom. The van der Waals surface area contributed by atoms with Crippen LogP contribution in [-0.4, -0.2) is 25.2 Å². The molecule has 0 unspecified atom stereocenters. The van der Waals surface area contributed by atoms with E-state index in [1.807, 2.05) is 0 Å². The number of nitrogens with one attached hydrogen (secondary N) is 2. The molecule has 0 bridgehead atoms. The third-order valence-electron chi connectivity index (χ3n) is 1.54. The van der Waals surface area contributed by atoms with Crippen molar-refractivity contribution in [2.24, 2.45) is 0 Å². The number of carboxylic acids is 1. The molecular weight excluding hydrogens is 155 g/mol. The van der Waals surface area contributed by atoms with Crippen LogP contribution in [0.25, 0.3) is 0 Å². The van der Waals surface area contributed by atoms with Crippen LogP contribution in [0.5, 0.6) is 0 Å². The van der Waals surface area contributed by atoms with E-state index >= 15 is 0 Å². The molecule has 58 valence electrons. The molecule has 1 aliphatic rings. The van der Waals surface area contributed by atoms with Gasteiger partial charge >= 0.3 is 29.6 Å². The van der Waals surface area contributed by atoms with Crippen molar-refractivity contribution in [3.8, 4) is 0 Å². The first kappa shape index (κ1) is 11.4. The molecule has 0 aromatic carbocycles. The molecule has 4 nitrogen and oxygen atoms in total. The van der Waals surface area contributed by atoms with Gasteiger partial charge in [-0.25, -0.2) is 0 Å². The van der Waals surface area contributed by atoms with Gasteiger partial charge in [0.05, 0.1) is 12.1 Å².